The van der Waals surface area contributed by atoms with Crippen LogP contribution < -0.4 is 4.90 Å². The first-order valence-corrected chi connectivity index (χ1v) is 15.4. The third-order valence-electron chi connectivity index (χ3n) is 6.88. The second-order valence-electron chi connectivity index (χ2n) is 9.33. The number of hydrogen-bond donors (Lipinski definition) is 0. The zero-order valence-corrected chi connectivity index (χ0v) is 23.8. The smallest absolute Gasteiger partial charge is 0.243 e. The predicted octanol–water partition coefficient (Wildman–Crippen LogP) is 5.03. The van der Waals surface area contributed by atoms with Gasteiger partial charge in [-0.1, -0.05) is 74.1 Å². The van der Waals surface area contributed by atoms with Crippen molar-refractivity contribution in [1.82, 2.24) is 19.1 Å². The molecule has 10 heteroatoms. The number of carbonyl (C=O) groups is 1. The number of anilines is 1. The van der Waals surface area contributed by atoms with Crippen molar-refractivity contribution in [3.63, 3.8) is 0 Å². The summed E-state index contributed by atoms with van der Waals surface area (Å²) in [7, 11) is -3.64. The summed E-state index contributed by atoms with van der Waals surface area (Å²) in [6, 6.07) is 24.5. The number of hydrogen-bond acceptors (Lipinski definition) is 6. The summed E-state index contributed by atoms with van der Waals surface area (Å²) in [4.78, 5) is 15.4. The number of benzene rings is 3. The number of sulfonamides is 1. The molecular formula is C29H31N5O3S2. The fourth-order valence-corrected chi connectivity index (χ4v) is 7.33. The Bertz CT molecular complexity index is 1580. The van der Waals surface area contributed by atoms with E-state index in [2.05, 4.69) is 23.2 Å². The maximum atomic E-state index is 13.4. The van der Waals surface area contributed by atoms with E-state index in [9.17, 15) is 13.2 Å². The summed E-state index contributed by atoms with van der Waals surface area (Å²) in [5.74, 6) is 0.710. The van der Waals surface area contributed by atoms with Crippen molar-refractivity contribution in [1.29, 1.82) is 0 Å². The Balaban J connectivity index is 1.48. The molecule has 0 aliphatic carbocycles. The lowest BCUT2D eigenvalue weighted by molar-refractivity contribution is -0.116. The SMILES string of the molecule is CCN(CC)S(=O)(=O)c1cccc(-c2nnc(SCC(=O)N3c4ccccc4CC3C)n2-c2ccccc2)c1. The Morgan fingerprint density at radius 2 is 1.69 bits per heavy atom. The summed E-state index contributed by atoms with van der Waals surface area (Å²) in [5.41, 5.74) is 3.59. The van der Waals surface area contributed by atoms with Crippen LogP contribution in [0.4, 0.5) is 5.69 Å². The first kappa shape index (κ1) is 27.1. The normalized spacial score (nSPS) is 15.1. The van der Waals surface area contributed by atoms with E-state index in [-0.39, 0.29) is 22.6 Å². The minimum absolute atomic E-state index is 0.00826. The van der Waals surface area contributed by atoms with Gasteiger partial charge in [0.05, 0.1) is 10.6 Å². The summed E-state index contributed by atoms with van der Waals surface area (Å²) in [5, 5.41) is 9.45. The van der Waals surface area contributed by atoms with E-state index in [1.165, 1.54) is 21.6 Å². The van der Waals surface area contributed by atoms with Crippen LogP contribution in [0.15, 0.2) is 88.9 Å². The molecule has 1 aliphatic heterocycles. The Morgan fingerprint density at radius 3 is 2.44 bits per heavy atom. The molecule has 0 fully saturated rings. The summed E-state index contributed by atoms with van der Waals surface area (Å²) in [6.45, 7) is 6.48. The molecule has 1 unspecified atom stereocenters. The number of para-hydroxylation sites is 2. The molecule has 0 saturated heterocycles. The Kier molecular flexibility index (Phi) is 7.88. The zero-order chi connectivity index (χ0) is 27.6. The van der Waals surface area contributed by atoms with Crippen LogP contribution in [0.2, 0.25) is 0 Å². The average Bonchev–Trinajstić information content (AvgIpc) is 3.53. The summed E-state index contributed by atoms with van der Waals surface area (Å²) < 4.78 is 29.7. The van der Waals surface area contributed by atoms with Gasteiger partial charge >= 0.3 is 0 Å². The van der Waals surface area contributed by atoms with Gasteiger partial charge in [-0.05, 0) is 49.2 Å². The third kappa shape index (κ3) is 5.24. The van der Waals surface area contributed by atoms with Crippen LogP contribution in [0.5, 0.6) is 0 Å². The standard InChI is InChI=1S/C29H31N5O3S2/c1-4-32(5-2)39(36,37)25-16-11-13-23(19-25)28-30-31-29(34(28)24-14-7-6-8-15-24)38-20-27(35)33-21(3)18-22-12-9-10-17-26(22)33/h6-17,19,21H,4-5,18,20H2,1-3H3. The molecule has 8 nitrogen and oxygen atoms in total. The van der Waals surface area contributed by atoms with Crippen molar-refractivity contribution in [2.45, 2.75) is 43.3 Å². The molecule has 1 aromatic heterocycles. The topological polar surface area (TPSA) is 88.4 Å². The van der Waals surface area contributed by atoms with Gasteiger partial charge in [0.15, 0.2) is 11.0 Å². The lowest BCUT2D eigenvalue weighted by Crippen LogP contribution is -2.37. The van der Waals surface area contributed by atoms with Gasteiger partial charge in [-0.2, -0.15) is 4.31 Å². The lowest BCUT2D eigenvalue weighted by Gasteiger charge is -2.22. The van der Waals surface area contributed by atoms with E-state index >= 15 is 0 Å². The Hall–Kier alpha value is -3.47. The molecule has 1 aliphatic rings. The second kappa shape index (κ2) is 11.3. The number of amides is 1. The number of carbonyl (C=O) groups excluding carboxylic acids is 1. The van der Waals surface area contributed by atoms with Crippen molar-refractivity contribution < 1.29 is 13.2 Å². The molecular weight excluding hydrogens is 530 g/mol. The molecule has 0 radical (unpaired) electrons. The van der Waals surface area contributed by atoms with Crippen LogP contribution >= 0.6 is 11.8 Å². The average molecular weight is 562 g/mol. The van der Waals surface area contributed by atoms with Gasteiger partial charge in [-0.15, -0.1) is 10.2 Å². The van der Waals surface area contributed by atoms with E-state index < -0.39 is 10.0 Å². The Morgan fingerprint density at radius 1 is 0.974 bits per heavy atom. The van der Waals surface area contributed by atoms with Crippen LogP contribution in [-0.4, -0.2) is 58.3 Å². The molecule has 2 heterocycles. The van der Waals surface area contributed by atoms with Gasteiger partial charge in [0, 0.05) is 36.1 Å². The van der Waals surface area contributed by atoms with Gasteiger partial charge in [0.2, 0.25) is 15.9 Å². The molecule has 4 aromatic rings. The lowest BCUT2D eigenvalue weighted by atomic mass is 10.1. The highest BCUT2D eigenvalue weighted by Gasteiger charge is 2.31. The third-order valence-corrected chi connectivity index (χ3v) is 9.84. The Labute approximate surface area is 233 Å². The minimum Gasteiger partial charge on any atom is -0.308 e. The molecule has 0 saturated carbocycles. The van der Waals surface area contributed by atoms with Crippen molar-refractivity contribution in [3.8, 4) is 17.1 Å². The fraction of sp³-hybridized carbons (Fsp3) is 0.276. The molecule has 0 bridgehead atoms. The monoisotopic (exact) mass is 561 g/mol. The molecule has 3 aromatic carbocycles. The van der Waals surface area contributed by atoms with E-state index in [0.717, 1.165) is 17.8 Å². The molecule has 1 atom stereocenters. The van der Waals surface area contributed by atoms with Gasteiger partial charge in [-0.25, -0.2) is 8.42 Å². The molecule has 5 rings (SSSR count). The number of fused-ring (bicyclic) bond motifs is 1. The largest absolute Gasteiger partial charge is 0.308 e. The van der Waals surface area contributed by atoms with Crippen LogP contribution in [0, 0.1) is 0 Å². The summed E-state index contributed by atoms with van der Waals surface area (Å²) in [6.07, 6.45) is 0.837. The van der Waals surface area contributed by atoms with E-state index in [4.69, 9.17) is 0 Å². The maximum absolute atomic E-state index is 13.4. The van der Waals surface area contributed by atoms with Gasteiger partial charge in [-0.3, -0.25) is 9.36 Å². The number of nitrogens with zero attached hydrogens (tertiary/aromatic N) is 5. The fourth-order valence-electron chi connectivity index (χ4n) is 5.01. The highest BCUT2D eigenvalue weighted by Crippen LogP contribution is 2.34. The van der Waals surface area contributed by atoms with E-state index in [1.807, 2.05) is 77.9 Å². The molecule has 39 heavy (non-hydrogen) atoms. The van der Waals surface area contributed by atoms with E-state index in [1.54, 1.807) is 18.2 Å². The highest BCUT2D eigenvalue weighted by atomic mass is 32.2. The summed E-state index contributed by atoms with van der Waals surface area (Å²) >= 11 is 1.32. The maximum Gasteiger partial charge on any atom is 0.243 e. The van der Waals surface area contributed by atoms with Crippen molar-refractivity contribution in [2.75, 3.05) is 23.7 Å². The van der Waals surface area contributed by atoms with Crippen LogP contribution in [0.25, 0.3) is 17.1 Å². The molecule has 0 spiro atoms. The zero-order valence-electron chi connectivity index (χ0n) is 22.2. The second-order valence-corrected chi connectivity index (χ2v) is 12.2. The predicted molar refractivity (Wildman–Crippen MR) is 155 cm³/mol. The molecule has 202 valence electrons. The first-order valence-electron chi connectivity index (χ1n) is 13.0. The van der Waals surface area contributed by atoms with Crippen molar-refractivity contribution >= 4 is 33.4 Å². The van der Waals surface area contributed by atoms with Crippen LogP contribution in [-0.2, 0) is 21.2 Å². The molecule has 0 N–H and O–H groups in total. The van der Waals surface area contributed by atoms with Crippen LogP contribution in [0.1, 0.15) is 26.3 Å². The number of rotatable bonds is 9. The quantitative estimate of drug-likeness (QED) is 0.266. The number of aromatic nitrogens is 3. The van der Waals surface area contributed by atoms with Crippen molar-refractivity contribution in [2.24, 2.45) is 0 Å². The highest BCUT2D eigenvalue weighted by molar-refractivity contribution is 7.99. The van der Waals surface area contributed by atoms with E-state index in [0.29, 0.717) is 29.6 Å². The van der Waals surface area contributed by atoms with Crippen LogP contribution in [0.3, 0.4) is 0 Å². The van der Waals surface area contributed by atoms with Gasteiger partial charge in [0.25, 0.3) is 0 Å². The van der Waals surface area contributed by atoms with Gasteiger partial charge in [0.1, 0.15) is 0 Å². The van der Waals surface area contributed by atoms with Gasteiger partial charge < -0.3 is 4.90 Å². The first-order chi connectivity index (χ1) is 18.8. The van der Waals surface area contributed by atoms with Crippen molar-refractivity contribution in [3.05, 3.63) is 84.4 Å². The molecule has 1 amide bonds. The number of thioether (sulfide) groups is 1. The minimum atomic E-state index is -3.64.